The molecule has 0 saturated heterocycles. The smallest absolute Gasteiger partial charge is 0.0640 e. The standard InChI is InChI=1S/C22H14ClN/c23-18-6-1-2-7-20(18)24-19-13-11-16-9-8-14-4-3-5-15-10-12-17(19)22(16)21(14)15/h1-13,24H. The molecule has 5 aromatic rings. The van der Waals surface area contributed by atoms with Gasteiger partial charge in [-0.25, -0.2) is 0 Å². The van der Waals surface area contributed by atoms with Gasteiger partial charge in [0.1, 0.15) is 0 Å². The second kappa shape index (κ2) is 5.12. The number of rotatable bonds is 2. The fraction of sp³-hybridized carbons (Fsp3) is 0. The van der Waals surface area contributed by atoms with Crippen molar-refractivity contribution in [1.82, 2.24) is 0 Å². The summed E-state index contributed by atoms with van der Waals surface area (Å²) in [5, 5.41) is 11.9. The van der Waals surface area contributed by atoms with Gasteiger partial charge in [0.25, 0.3) is 0 Å². The minimum Gasteiger partial charge on any atom is -0.354 e. The molecule has 1 nitrogen and oxygen atoms in total. The summed E-state index contributed by atoms with van der Waals surface area (Å²) >= 11 is 6.31. The Labute approximate surface area is 144 Å². The molecule has 0 saturated carbocycles. The fourth-order valence-corrected chi connectivity index (χ4v) is 3.73. The lowest BCUT2D eigenvalue weighted by atomic mass is 9.93. The Bertz CT molecular complexity index is 1180. The average Bonchev–Trinajstić information content (AvgIpc) is 2.63. The van der Waals surface area contributed by atoms with E-state index >= 15 is 0 Å². The zero-order valence-corrected chi connectivity index (χ0v) is 13.6. The monoisotopic (exact) mass is 327 g/mol. The molecule has 5 aromatic carbocycles. The molecule has 0 atom stereocenters. The molecule has 24 heavy (non-hydrogen) atoms. The van der Waals surface area contributed by atoms with E-state index in [1.54, 1.807) is 0 Å². The first kappa shape index (κ1) is 13.6. The van der Waals surface area contributed by atoms with Crippen molar-refractivity contribution in [3.8, 4) is 0 Å². The number of hydrogen-bond donors (Lipinski definition) is 1. The maximum atomic E-state index is 6.31. The van der Waals surface area contributed by atoms with Gasteiger partial charge in [-0.15, -0.1) is 0 Å². The predicted molar refractivity (Wildman–Crippen MR) is 105 cm³/mol. The van der Waals surface area contributed by atoms with E-state index in [1.165, 1.54) is 32.3 Å². The van der Waals surface area contributed by atoms with Crippen LogP contribution in [0.5, 0.6) is 0 Å². The second-order valence-corrected chi connectivity index (χ2v) is 6.48. The number of nitrogens with one attached hydrogen (secondary N) is 1. The van der Waals surface area contributed by atoms with Crippen molar-refractivity contribution in [2.75, 3.05) is 5.32 Å². The molecule has 5 rings (SSSR count). The van der Waals surface area contributed by atoms with Crippen LogP contribution in [0.2, 0.25) is 5.02 Å². The van der Waals surface area contributed by atoms with Crippen LogP contribution in [0.3, 0.4) is 0 Å². The Morgan fingerprint density at radius 3 is 2.00 bits per heavy atom. The third-order valence-corrected chi connectivity index (χ3v) is 5.00. The van der Waals surface area contributed by atoms with Gasteiger partial charge in [0.05, 0.1) is 10.7 Å². The zero-order chi connectivity index (χ0) is 16.1. The average molecular weight is 328 g/mol. The van der Waals surface area contributed by atoms with E-state index in [-0.39, 0.29) is 0 Å². The molecule has 0 aliphatic rings. The third-order valence-electron chi connectivity index (χ3n) is 4.67. The van der Waals surface area contributed by atoms with Crippen LogP contribution in [0.1, 0.15) is 0 Å². The quantitative estimate of drug-likeness (QED) is 0.345. The van der Waals surface area contributed by atoms with E-state index in [4.69, 9.17) is 11.6 Å². The van der Waals surface area contributed by atoms with Crippen molar-refractivity contribution in [3.05, 3.63) is 83.9 Å². The van der Waals surface area contributed by atoms with Gasteiger partial charge < -0.3 is 5.32 Å². The highest BCUT2D eigenvalue weighted by molar-refractivity contribution is 6.33. The molecule has 1 N–H and O–H groups in total. The van der Waals surface area contributed by atoms with E-state index in [1.807, 2.05) is 24.3 Å². The molecule has 0 amide bonds. The van der Waals surface area contributed by atoms with Gasteiger partial charge in [-0.2, -0.15) is 0 Å². The highest BCUT2D eigenvalue weighted by Gasteiger charge is 2.11. The lowest BCUT2D eigenvalue weighted by molar-refractivity contribution is 1.58. The van der Waals surface area contributed by atoms with Gasteiger partial charge >= 0.3 is 0 Å². The molecular formula is C22H14ClN. The van der Waals surface area contributed by atoms with Crippen LogP contribution in [0.4, 0.5) is 11.4 Å². The first-order valence-electron chi connectivity index (χ1n) is 7.99. The molecule has 0 unspecified atom stereocenters. The molecule has 114 valence electrons. The lowest BCUT2D eigenvalue weighted by Crippen LogP contribution is -1.93. The van der Waals surface area contributed by atoms with E-state index in [0.29, 0.717) is 0 Å². The Morgan fingerprint density at radius 2 is 1.21 bits per heavy atom. The van der Waals surface area contributed by atoms with E-state index < -0.39 is 0 Å². The second-order valence-electron chi connectivity index (χ2n) is 6.07. The fourth-order valence-electron chi connectivity index (χ4n) is 3.55. The van der Waals surface area contributed by atoms with Crippen LogP contribution < -0.4 is 5.32 Å². The molecule has 0 aromatic heterocycles. The normalized spacial score (nSPS) is 11.5. The van der Waals surface area contributed by atoms with Gasteiger partial charge in [-0.05, 0) is 45.1 Å². The van der Waals surface area contributed by atoms with Crippen molar-refractivity contribution in [1.29, 1.82) is 0 Å². The van der Waals surface area contributed by atoms with E-state index in [0.717, 1.165) is 16.4 Å². The Hall–Kier alpha value is -2.77. The van der Waals surface area contributed by atoms with Crippen molar-refractivity contribution >= 4 is 55.3 Å². The number of halogens is 1. The van der Waals surface area contributed by atoms with Crippen molar-refractivity contribution in [2.45, 2.75) is 0 Å². The highest BCUT2D eigenvalue weighted by atomic mass is 35.5. The molecular weight excluding hydrogens is 314 g/mol. The van der Waals surface area contributed by atoms with Gasteiger partial charge in [-0.3, -0.25) is 0 Å². The largest absolute Gasteiger partial charge is 0.354 e. The first-order valence-corrected chi connectivity index (χ1v) is 8.37. The maximum Gasteiger partial charge on any atom is 0.0640 e. The molecule has 0 aliphatic carbocycles. The topological polar surface area (TPSA) is 12.0 Å². The summed E-state index contributed by atoms with van der Waals surface area (Å²) in [6, 6.07) is 27.4. The minimum atomic E-state index is 0.725. The summed E-state index contributed by atoms with van der Waals surface area (Å²) < 4.78 is 0. The Balaban J connectivity index is 1.83. The summed E-state index contributed by atoms with van der Waals surface area (Å²) in [7, 11) is 0. The third kappa shape index (κ3) is 1.95. The van der Waals surface area contributed by atoms with Gasteiger partial charge in [-0.1, -0.05) is 72.3 Å². The Kier molecular flexibility index (Phi) is 2.91. The molecule has 0 aliphatic heterocycles. The van der Waals surface area contributed by atoms with Crippen molar-refractivity contribution in [3.63, 3.8) is 0 Å². The SMILES string of the molecule is Clc1ccccc1Nc1ccc2ccc3cccc4ccc1c2c34. The molecule has 0 bridgehead atoms. The minimum absolute atomic E-state index is 0.725. The van der Waals surface area contributed by atoms with Gasteiger partial charge in [0.15, 0.2) is 0 Å². The summed E-state index contributed by atoms with van der Waals surface area (Å²) in [6.45, 7) is 0. The van der Waals surface area contributed by atoms with Gasteiger partial charge in [0, 0.05) is 11.1 Å². The summed E-state index contributed by atoms with van der Waals surface area (Å²) in [4.78, 5) is 0. The summed E-state index contributed by atoms with van der Waals surface area (Å²) in [6.07, 6.45) is 0. The van der Waals surface area contributed by atoms with E-state index in [2.05, 4.69) is 59.9 Å². The first-order chi connectivity index (χ1) is 11.8. The molecule has 2 heteroatoms. The predicted octanol–water partition coefficient (Wildman–Crippen LogP) is 6.98. The zero-order valence-electron chi connectivity index (χ0n) is 12.9. The Morgan fingerprint density at radius 1 is 0.542 bits per heavy atom. The van der Waals surface area contributed by atoms with Crippen molar-refractivity contribution in [2.24, 2.45) is 0 Å². The highest BCUT2D eigenvalue weighted by Crippen LogP contribution is 2.39. The number of hydrogen-bond acceptors (Lipinski definition) is 1. The van der Waals surface area contributed by atoms with Gasteiger partial charge in [0.2, 0.25) is 0 Å². The molecule has 0 heterocycles. The number of benzene rings is 5. The van der Waals surface area contributed by atoms with Crippen LogP contribution in [0, 0.1) is 0 Å². The molecule has 0 radical (unpaired) electrons. The molecule has 0 fully saturated rings. The van der Waals surface area contributed by atoms with E-state index in [9.17, 15) is 0 Å². The number of anilines is 2. The molecule has 0 spiro atoms. The van der Waals surface area contributed by atoms with Crippen LogP contribution in [-0.2, 0) is 0 Å². The van der Waals surface area contributed by atoms with Crippen LogP contribution in [-0.4, -0.2) is 0 Å². The maximum absolute atomic E-state index is 6.31. The van der Waals surface area contributed by atoms with Crippen LogP contribution in [0.15, 0.2) is 78.9 Å². The van der Waals surface area contributed by atoms with Crippen molar-refractivity contribution < 1.29 is 0 Å². The van der Waals surface area contributed by atoms with Crippen LogP contribution in [0.25, 0.3) is 32.3 Å². The summed E-state index contributed by atoms with van der Waals surface area (Å²) in [5.74, 6) is 0. The lowest BCUT2D eigenvalue weighted by Gasteiger charge is -2.15. The van der Waals surface area contributed by atoms with Crippen LogP contribution >= 0.6 is 11.6 Å². The number of para-hydroxylation sites is 1. The summed E-state index contributed by atoms with van der Waals surface area (Å²) in [5.41, 5.74) is 2.00.